The van der Waals surface area contributed by atoms with Crippen LogP contribution in [0.15, 0.2) is 0 Å². The number of carboxylic acid groups (broad SMARTS) is 1. The van der Waals surface area contributed by atoms with Gasteiger partial charge in [-0.25, -0.2) is 0 Å². The Bertz CT molecular complexity index is 221. The minimum absolute atomic E-state index is 0. The maximum atomic E-state index is 10.7. The number of nitrogens with zero attached hydrogens (tertiary/aromatic N) is 1. The third-order valence-corrected chi connectivity index (χ3v) is 3.70. The second-order valence-electron chi connectivity index (χ2n) is 4.62. The lowest BCUT2D eigenvalue weighted by atomic mass is 9.78. The third kappa shape index (κ3) is 3.08. The fourth-order valence-electron chi connectivity index (χ4n) is 3.10. The summed E-state index contributed by atoms with van der Waals surface area (Å²) in [6, 6.07) is 0.577. The Hall–Kier alpha value is -0.280. The van der Waals surface area contributed by atoms with Crippen LogP contribution in [-0.4, -0.2) is 35.1 Å². The topological polar surface area (TPSA) is 40.5 Å². The molecule has 0 bridgehead atoms. The lowest BCUT2D eigenvalue weighted by Crippen LogP contribution is -2.48. The molecule has 1 aliphatic carbocycles. The van der Waals surface area contributed by atoms with Gasteiger partial charge in [-0.3, -0.25) is 9.69 Å². The first-order valence-corrected chi connectivity index (χ1v) is 5.73. The molecule has 0 spiro atoms. The average Bonchev–Trinajstić information content (AvgIpc) is 2.18. The van der Waals surface area contributed by atoms with Crippen LogP contribution in [0.25, 0.3) is 0 Å². The standard InChI is InChI=1S/C11H19NO2.ClH/c13-11(14)8-12-7-3-5-9-4-1-2-6-10(9)12;/h9-10H,1-8H2,(H,13,14);1H. The van der Waals surface area contributed by atoms with Crippen LogP contribution in [0.1, 0.15) is 38.5 Å². The molecule has 1 saturated heterocycles. The van der Waals surface area contributed by atoms with Crippen LogP contribution in [-0.2, 0) is 4.79 Å². The molecule has 1 aliphatic heterocycles. The van der Waals surface area contributed by atoms with Gasteiger partial charge in [0.25, 0.3) is 0 Å². The molecule has 0 radical (unpaired) electrons. The van der Waals surface area contributed by atoms with E-state index in [0.29, 0.717) is 6.04 Å². The maximum absolute atomic E-state index is 10.7. The summed E-state index contributed by atoms with van der Waals surface area (Å²) in [6.45, 7) is 1.24. The molecule has 88 valence electrons. The molecule has 2 aliphatic rings. The van der Waals surface area contributed by atoms with E-state index in [2.05, 4.69) is 4.90 Å². The summed E-state index contributed by atoms with van der Waals surface area (Å²) in [7, 11) is 0. The molecule has 2 unspecified atom stereocenters. The van der Waals surface area contributed by atoms with Crippen LogP contribution in [0.2, 0.25) is 0 Å². The monoisotopic (exact) mass is 233 g/mol. The molecule has 2 fully saturated rings. The first-order valence-electron chi connectivity index (χ1n) is 5.73. The number of carboxylic acids is 1. The van der Waals surface area contributed by atoms with Gasteiger partial charge < -0.3 is 5.11 Å². The van der Waals surface area contributed by atoms with Crippen molar-refractivity contribution in [2.24, 2.45) is 5.92 Å². The second kappa shape index (κ2) is 5.71. The van der Waals surface area contributed by atoms with Gasteiger partial charge in [-0.15, -0.1) is 12.4 Å². The Balaban J connectivity index is 0.00000112. The van der Waals surface area contributed by atoms with Crippen molar-refractivity contribution in [1.29, 1.82) is 0 Å². The summed E-state index contributed by atoms with van der Waals surface area (Å²) in [5, 5.41) is 8.81. The van der Waals surface area contributed by atoms with Gasteiger partial charge in [0, 0.05) is 6.04 Å². The predicted molar refractivity (Wildman–Crippen MR) is 61.4 cm³/mol. The summed E-state index contributed by atoms with van der Waals surface area (Å²) < 4.78 is 0. The Labute approximate surface area is 97.2 Å². The number of fused-ring (bicyclic) bond motifs is 1. The summed E-state index contributed by atoms with van der Waals surface area (Å²) >= 11 is 0. The molecule has 1 heterocycles. The lowest BCUT2D eigenvalue weighted by molar-refractivity contribution is -0.140. The number of likely N-dealkylation sites (tertiary alicyclic amines) is 1. The highest BCUT2D eigenvalue weighted by Crippen LogP contribution is 2.34. The van der Waals surface area contributed by atoms with E-state index in [1.807, 2.05) is 0 Å². The van der Waals surface area contributed by atoms with Crippen molar-refractivity contribution in [2.75, 3.05) is 13.1 Å². The fraction of sp³-hybridized carbons (Fsp3) is 0.909. The van der Waals surface area contributed by atoms with E-state index in [4.69, 9.17) is 5.11 Å². The van der Waals surface area contributed by atoms with Gasteiger partial charge in [0.15, 0.2) is 0 Å². The molecule has 2 rings (SSSR count). The van der Waals surface area contributed by atoms with Crippen molar-refractivity contribution >= 4 is 18.4 Å². The van der Waals surface area contributed by atoms with Gasteiger partial charge in [0.05, 0.1) is 6.54 Å². The summed E-state index contributed by atoms with van der Waals surface area (Å²) in [4.78, 5) is 12.9. The van der Waals surface area contributed by atoms with E-state index in [0.717, 1.165) is 12.5 Å². The van der Waals surface area contributed by atoms with Crippen LogP contribution in [0, 0.1) is 5.92 Å². The SMILES string of the molecule is Cl.O=C(O)CN1CCCC2CCCCC21. The van der Waals surface area contributed by atoms with Crippen molar-refractivity contribution < 1.29 is 9.90 Å². The normalized spacial score (nSPS) is 31.5. The fourth-order valence-corrected chi connectivity index (χ4v) is 3.10. The van der Waals surface area contributed by atoms with Gasteiger partial charge >= 0.3 is 5.97 Å². The molecular formula is C11H20ClNO2. The van der Waals surface area contributed by atoms with Gasteiger partial charge in [-0.2, -0.15) is 0 Å². The summed E-state index contributed by atoms with van der Waals surface area (Å²) in [6.07, 6.45) is 7.69. The van der Waals surface area contributed by atoms with E-state index in [1.54, 1.807) is 0 Å². The van der Waals surface area contributed by atoms with Crippen LogP contribution in [0.5, 0.6) is 0 Å². The van der Waals surface area contributed by atoms with Crippen molar-refractivity contribution in [3.05, 3.63) is 0 Å². The second-order valence-corrected chi connectivity index (χ2v) is 4.62. The average molecular weight is 234 g/mol. The van der Waals surface area contributed by atoms with Crippen LogP contribution in [0.3, 0.4) is 0 Å². The molecule has 1 N–H and O–H groups in total. The molecule has 0 amide bonds. The minimum atomic E-state index is -0.670. The Kier molecular flexibility index (Phi) is 4.87. The number of aliphatic carboxylic acids is 1. The maximum Gasteiger partial charge on any atom is 0.317 e. The highest BCUT2D eigenvalue weighted by Gasteiger charge is 2.33. The molecule has 0 aromatic heterocycles. The number of rotatable bonds is 2. The van der Waals surface area contributed by atoms with E-state index >= 15 is 0 Å². The van der Waals surface area contributed by atoms with Gasteiger partial charge in [-0.1, -0.05) is 12.8 Å². The number of piperidine rings is 1. The zero-order valence-electron chi connectivity index (χ0n) is 9.02. The van der Waals surface area contributed by atoms with E-state index in [-0.39, 0.29) is 19.0 Å². The van der Waals surface area contributed by atoms with Gasteiger partial charge in [0.2, 0.25) is 0 Å². The van der Waals surface area contributed by atoms with E-state index in [9.17, 15) is 4.79 Å². The van der Waals surface area contributed by atoms with Crippen molar-refractivity contribution in [1.82, 2.24) is 4.90 Å². The quantitative estimate of drug-likeness (QED) is 0.795. The lowest BCUT2D eigenvalue weighted by Gasteiger charge is -2.43. The molecule has 0 aromatic carbocycles. The Morgan fingerprint density at radius 1 is 1.20 bits per heavy atom. The number of hydrogen-bond donors (Lipinski definition) is 1. The zero-order valence-corrected chi connectivity index (χ0v) is 9.84. The number of carbonyl (C=O) groups is 1. The van der Waals surface area contributed by atoms with E-state index < -0.39 is 5.97 Å². The Morgan fingerprint density at radius 2 is 1.87 bits per heavy atom. The Morgan fingerprint density at radius 3 is 2.60 bits per heavy atom. The van der Waals surface area contributed by atoms with Gasteiger partial charge in [0.1, 0.15) is 0 Å². The molecule has 2 atom stereocenters. The summed E-state index contributed by atoms with van der Waals surface area (Å²) in [5.74, 6) is 0.119. The van der Waals surface area contributed by atoms with Crippen molar-refractivity contribution in [3.63, 3.8) is 0 Å². The van der Waals surface area contributed by atoms with Crippen molar-refractivity contribution in [3.8, 4) is 0 Å². The van der Waals surface area contributed by atoms with Crippen LogP contribution < -0.4 is 0 Å². The molecule has 4 heteroatoms. The highest BCUT2D eigenvalue weighted by atomic mass is 35.5. The van der Waals surface area contributed by atoms with Crippen LogP contribution >= 0.6 is 12.4 Å². The first-order chi connectivity index (χ1) is 6.77. The summed E-state index contributed by atoms with van der Waals surface area (Å²) in [5.41, 5.74) is 0. The van der Waals surface area contributed by atoms with E-state index in [1.165, 1.54) is 38.5 Å². The highest BCUT2D eigenvalue weighted by molar-refractivity contribution is 5.85. The predicted octanol–water partition coefficient (Wildman–Crippen LogP) is 2.15. The zero-order chi connectivity index (χ0) is 9.97. The molecular weight excluding hydrogens is 214 g/mol. The molecule has 15 heavy (non-hydrogen) atoms. The third-order valence-electron chi connectivity index (χ3n) is 3.70. The largest absolute Gasteiger partial charge is 0.480 e. The molecule has 3 nitrogen and oxygen atoms in total. The smallest absolute Gasteiger partial charge is 0.317 e. The molecule has 1 saturated carbocycles. The first kappa shape index (κ1) is 12.8. The number of halogens is 1. The van der Waals surface area contributed by atoms with Crippen LogP contribution in [0.4, 0.5) is 0 Å². The van der Waals surface area contributed by atoms with Gasteiger partial charge in [-0.05, 0) is 38.1 Å². The number of hydrogen-bond acceptors (Lipinski definition) is 2. The minimum Gasteiger partial charge on any atom is -0.480 e. The van der Waals surface area contributed by atoms with Crippen molar-refractivity contribution in [2.45, 2.75) is 44.6 Å². The molecule has 0 aromatic rings.